The molecule has 5 atom stereocenters. The highest BCUT2D eigenvalue weighted by atomic mass is 16.7. The zero-order valence-electron chi connectivity index (χ0n) is 26.2. The Hall–Kier alpha value is -4.43. The Bertz CT molecular complexity index is 1440. The van der Waals surface area contributed by atoms with Crippen LogP contribution in [0.2, 0.25) is 0 Å². The molecule has 1 saturated carbocycles. The van der Waals surface area contributed by atoms with Gasteiger partial charge in [-0.1, -0.05) is 31.2 Å². The Labute approximate surface area is 262 Å². The molecule has 0 N–H and O–H groups in total. The summed E-state index contributed by atoms with van der Waals surface area (Å²) in [5, 5.41) is 10.1. The molecular formula is C34H39NO10. The molecule has 0 aromatic heterocycles. The van der Waals surface area contributed by atoms with E-state index in [2.05, 4.69) is 13.0 Å². The molecule has 0 spiro atoms. The Morgan fingerprint density at radius 2 is 1.44 bits per heavy atom. The van der Waals surface area contributed by atoms with Crippen molar-refractivity contribution in [3.63, 3.8) is 0 Å². The van der Waals surface area contributed by atoms with Gasteiger partial charge in [0.1, 0.15) is 24.6 Å². The van der Waals surface area contributed by atoms with Gasteiger partial charge in [-0.15, -0.1) is 0 Å². The number of rotatable bonds is 11. The van der Waals surface area contributed by atoms with Crippen LogP contribution >= 0.6 is 0 Å². The molecule has 11 heteroatoms. The van der Waals surface area contributed by atoms with Crippen LogP contribution in [0, 0.1) is 11.3 Å². The molecule has 1 saturated heterocycles. The van der Waals surface area contributed by atoms with Gasteiger partial charge in [-0.05, 0) is 60.9 Å². The maximum atomic E-state index is 12.5. The first-order chi connectivity index (χ1) is 21.5. The number of nitrogens with zero attached hydrogens (tertiary/aromatic N) is 1. The summed E-state index contributed by atoms with van der Waals surface area (Å²) in [6.45, 7) is 6.49. The molecule has 11 nitrogen and oxygen atoms in total. The van der Waals surface area contributed by atoms with E-state index in [-0.39, 0.29) is 12.7 Å². The molecule has 0 amide bonds. The Morgan fingerprint density at radius 1 is 0.844 bits per heavy atom. The van der Waals surface area contributed by atoms with E-state index in [4.69, 9.17) is 28.4 Å². The van der Waals surface area contributed by atoms with Crippen molar-refractivity contribution in [1.29, 1.82) is 5.26 Å². The Balaban J connectivity index is 1.87. The summed E-state index contributed by atoms with van der Waals surface area (Å²) >= 11 is 0. The van der Waals surface area contributed by atoms with Gasteiger partial charge in [0.2, 0.25) is 0 Å². The lowest BCUT2D eigenvalue weighted by Gasteiger charge is -2.45. The first-order valence-electron chi connectivity index (χ1n) is 15.1. The number of benzene rings is 2. The normalized spacial score (nSPS) is 22.7. The lowest BCUT2D eigenvalue weighted by atomic mass is 9.87. The summed E-state index contributed by atoms with van der Waals surface area (Å²) in [6, 6.07) is 13.8. The highest BCUT2D eigenvalue weighted by Crippen LogP contribution is 2.43. The first-order valence-corrected chi connectivity index (χ1v) is 15.1. The SMILES string of the molecule is CCc1ccc(Cc2cc([C@@H]3OC(COC(C)=O)[C@@H](OC(C)=O)[C@H](OC(C)=O)[C@H]3OC(C)=O)c(OC3CCC3)cc2C#N)cc1. The van der Waals surface area contributed by atoms with Crippen LogP contribution in [0.15, 0.2) is 36.4 Å². The van der Waals surface area contributed by atoms with E-state index in [0.717, 1.165) is 31.2 Å². The van der Waals surface area contributed by atoms with Crippen molar-refractivity contribution in [3.8, 4) is 11.8 Å². The number of esters is 4. The quantitative estimate of drug-likeness (QED) is 0.259. The fourth-order valence-corrected chi connectivity index (χ4v) is 5.48. The monoisotopic (exact) mass is 621 g/mol. The Morgan fingerprint density at radius 3 is 1.98 bits per heavy atom. The van der Waals surface area contributed by atoms with Crippen molar-refractivity contribution in [2.45, 2.75) is 103 Å². The third-order valence-electron chi connectivity index (χ3n) is 7.83. The second-order valence-corrected chi connectivity index (χ2v) is 11.3. The second kappa shape index (κ2) is 15.0. The number of nitriles is 1. The van der Waals surface area contributed by atoms with E-state index in [1.165, 1.54) is 33.3 Å². The van der Waals surface area contributed by atoms with Gasteiger partial charge in [0.15, 0.2) is 18.3 Å². The molecule has 4 rings (SSSR count). The zero-order valence-corrected chi connectivity index (χ0v) is 26.2. The minimum absolute atomic E-state index is 0.0894. The molecule has 240 valence electrons. The predicted octanol–water partition coefficient (Wildman–Crippen LogP) is 4.44. The molecule has 2 aliphatic rings. The van der Waals surface area contributed by atoms with E-state index < -0.39 is 54.4 Å². The number of aryl methyl sites for hydroxylation is 1. The lowest BCUT2D eigenvalue weighted by molar-refractivity contribution is -0.254. The summed E-state index contributed by atoms with van der Waals surface area (Å²) in [5.74, 6) is -2.38. The van der Waals surface area contributed by atoms with Gasteiger partial charge in [-0.2, -0.15) is 5.26 Å². The molecule has 1 aliphatic heterocycles. The average Bonchev–Trinajstić information content (AvgIpc) is 2.96. The average molecular weight is 622 g/mol. The van der Waals surface area contributed by atoms with Crippen molar-refractivity contribution < 1.29 is 47.6 Å². The van der Waals surface area contributed by atoms with Gasteiger partial charge in [0, 0.05) is 33.3 Å². The van der Waals surface area contributed by atoms with Gasteiger partial charge < -0.3 is 28.4 Å². The molecule has 1 unspecified atom stereocenters. The van der Waals surface area contributed by atoms with Crippen molar-refractivity contribution in [2.75, 3.05) is 6.61 Å². The van der Waals surface area contributed by atoms with Crippen LogP contribution in [-0.2, 0) is 55.7 Å². The number of hydrogen-bond acceptors (Lipinski definition) is 11. The maximum absolute atomic E-state index is 12.5. The molecular weight excluding hydrogens is 582 g/mol. The number of ether oxygens (including phenoxy) is 6. The van der Waals surface area contributed by atoms with Gasteiger partial charge >= 0.3 is 23.9 Å². The predicted molar refractivity (Wildman–Crippen MR) is 159 cm³/mol. The van der Waals surface area contributed by atoms with Crippen LogP contribution in [0.3, 0.4) is 0 Å². The maximum Gasteiger partial charge on any atom is 0.303 e. The smallest absolute Gasteiger partial charge is 0.303 e. The van der Waals surface area contributed by atoms with Crippen molar-refractivity contribution in [1.82, 2.24) is 0 Å². The van der Waals surface area contributed by atoms with Gasteiger partial charge in [-0.25, -0.2) is 0 Å². The van der Waals surface area contributed by atoms with Crippen molar-refractivity contribution in [3.05, 3.63) is 64.2 Å². The molecule has 2 fully saturated rings. The van der Waals surface area contributed by atoms with Gasteiger partial charge in [-0.3, -0.25) is 19.2 Å². The third kappa shape index (κ3) is 8.60. The van der Waals surface area contributed by atoms with Crippen LogP contribution in [0.4, 0.5) is 0 Å². The third-order valence-corrected chi connectivity index (χ3v) is 7.83. The first kappa shape index (κ1) is 33.5. The van der Waals surface area contributed by atoms with E-state index in [1.807, 2.05) is 24.3 Å². The summed E-state index contributed by atoms with van der Waals surface area (Å²) in [4.78, 5) is 48.8. The summed E-state index contributed by atoms with van der Waals surface area (Å²) in [7, 11) is 0. The molecule has 0 bridgehead atoms. The molecule has 2 aromatic rings. The summed E-state index contributed by atoms with van der Waals surface area (Å²) < 4.78 is 35.0. The largest absolute Gasteiger partial charge is 0.490 e. The molecule has 45 heavy (non-hydrogen) atoms. The van der Waals surface area contributed by atoms with Gasteiger partial charge in [0.25, 0.3) is 0 Å². The molecule has 2 aromatic carbocycles. The van der Waals surface area contributed by atoms with Crippen LogP contribution in [0.5, 0.6) is 5.75 Å². The van der Waals surface area contributed by atoms with Crippen molar-refractivity contribution >= 4 is 23.9 Å². The summed E-state index contributed by atoms with van der Waals surface area (Å²) in [6.07, 6.45) is -2.29. The minimum Gasteiger partial charge on any atom is -0.490 e. The number of carbonyl (C=O) groups excluding carboxylic acids is 4. The molecule has 1 aliphatic carbocycles. The van der Waals surface area contributed by atoms with Gasteiger partial charge in [0.05, 0.1) is 17.7 Å². The van der Waals surface area contributed by atoms with Crippen molar-refractivity contribution in [2.24, 2.45) is 0 Å². The molecule has 0 radical (unpaired) electrons. The standard InChI is InChI=1S/C34H39NO10/c1-6-23-10-12-24(13-11-23)14-25-15-28(29(16-26(25)17-35)44-27-8-7-9-27)31-33(42-21(4)38)34(43-22(5)39)32(41-20(3)37)30(45-31)18-40-19(2)36/h10-13,15-16,27,30-34H,6-9,14,18H2,1-5H3/t30?,31-,32+,33-,34-/m0/s1. The van der Waals surface area contributed by atoms with Crippen LogP contribution in [0.25, 0.3) is 0 Å². The second-order valence-electron chi connectivity index (χ2n) is 11.3. The van der Waals surface area contributed by atoms with E-state index >= 15 is 0 Å². The fraction of sp³-hybridized carbons (Fsp3) is 0.500. The van der Waals surface area contributed by atoms with Crippen LogP contribution in [0.1, 0.15) is 87.8 Å². The van der Waals surface area contributed by atoms with E-state index in [0.29, 0.717) is 28.9 Å². The topological polar surface area (TPSA) is 147 Å². The Kier molecular flexibility index (Phi) is 11.2. The van der Waals surface area contributed by atoms with Crippen LogP contribution in [-0.4, -0.2) is 61.0 Å². The van der Waals surface area contributed by atoms with E-state index in [9.17, 15) is 24.4 Å². The van der Waals surface area contributed by atoms with Crippen LogP contribution < -0.4 is 4.74 Å². The fourth-order valence-electron chi connectivity index (χ4n) is 5.48. The lowest BCUT2D eigenvalue weighted by Crippen LogP contribution is -2.59. The highest BCUT2D eigenvalue weighted by molar-refractivity contribution is 5.69. The summed E-state index contributed by atoms with van der Waals surface area (Å²) in [5.41, 5.74) is 3.67. The number of carbonyl (C=O) groups is 4. The zero-order chi connectivity index (χ0) is 32.7. The van der Waals surface area contributed by atoms with E-state index in [1.54, 1.807) is 12.1 Å². The molecule has 1 heterocycles. The minimum atomic E-state index is -1.33. The highest BCUT2D eigenvalue weighted by Gasteiger charge is 2.53. The number of hydrogen-bond donors (Lipinski definition) is 0.